The first-order chi connectivity index (χ1) is 10.9. The average molecular weight is 316 g/mol. The fourth-order valence-corrected chi connectivity index (χ4v) is 3.55. The maximum Gasteiger partial charge on any atom is 0.276 e. The molecule has 2 aromatic rings. The molecule has 1 N–H and O–H groups in total. The summed E-state index contributed by atoms with van der Waals surface area (Å²) in [6, 6.07) is 0. The van der Waals surface area contributed by atoms with Gasteiger partial charge in [0, 0.05) is 25.8 Å². The number of amides is 1. The molecule has 23 heavy (non-hydrogen) atoms. The van der Waals surface area contributed by atoms with Gasteiger partial charge in [0.1, 0.15) is 0 Å². The average Bonchev–Trinajstić information content (AvgIpc) is 2.78. The second kappa shape index (κ2) is 5.83. The number of carbonyl (C=O) groups excluding carboxylic acids is 1. The third-order valence-electron chi connectivity index (χ3n) is 4.91. The quantitative estimate of drug-likeness (QED) is 0.916. The Labute approximate surface area is 135 Å². The van der Waals surface area contributed by atoms with E-state index < -0.39 is 0 Å². The molecule has 6 nitrogen and oxygen atoms in total. The molecule has 1 fully saturated rings. The highest BCUT2D eigenvalue weighted by atomic mass is 16.2. The highest BCUT2D eigenvalue weighted by molar-refractivity contribution is 5.84. The first kappa shape index (κ1) is 15.8. The van der Waals surface area contributed by atoms with Crippen LogP contribution in [-0.2, 0) is 18.3 Å². The Morgan fingerprint density at radius 2 is 2.13 bits per heavy atom. The standard InChI is InChI=1S/C17H24N4O2/c1-10-6-5-7-21(9-10)14(22)8-13-11(2)15-16(18-12(13)3)19-20(4)17(15)23/h10H,5-9H2,1-4H3,(H,18,19)/t10-/m0/s1. The first-order valence-corrected chi connectivity index (χ1v) is 8.21. The molecule has 0 aliphatic carbocycles. The summed E-state index contributed by atoms with van der Waals surface area (Å²) in [5, 5.41) is 3.55. The van der Waals surface area contributed by atoms with E-state index in [1.807, 2.05) is 18.7 Å². The van der Waals surface area contributed by atoms with E-state index in [1.165, 1.54) is 11.1 Å². The van der Waals surface area contributed by atoms with E-state index in [1.54, 1.807) is 7.05 Å². The van der Waals surface area contributed by atoms with Gasteiger partial charge >= 0.3 is 0 Å². The highest BCUT2D eigenvalue weighted by Gasteiger charge is 2.23. The van der Waals surface area contributed by atoms with Crippen molar-refractivity contribution in [2.75, 3.05) is 13.1 Å². The van der Waals surface area contributed by atoms with Gasteiger partial charge in [0.15, 0.2) is 5.65 Å². The Kier molecular flexibility index (Phi) is 4.00. The molecule has 0 saturated carbocycles. The van der Waals surface area contributed by atoms with Crippen LogP contribution in [0.25, 0.3) is 11.0 Å². The van der Waals surface area contributed by atoms with Crippen molar-refractivity contribution in [1.82, 2.24) is 19.7 Å². The highest BCUT2D eigenvalue weighted by Crippen LogP contribution is 2.22. The number of H-pyrrole nitrogens is 1. The number of aromatic amines is 1. The van der Waals surface area contributed by atoms with Crippen molar-refractivity contribution in [1.29, 1.82) is 0 Å². The van der Waals surface area contributed by atoms with E-state index in [9.17, 15) is 9.59 Å². The Hall–Kier alpha value is -2.11. The summed E-state index contributed by atoms with van der Waals surface area (Å²) in [4.78, 5) is 31.3. The molecule has 0 aromatic carbocycles. The molecule has 124 valence electrons. The SMILES string of the molecule is Cc1nc2[nH]n(C)c(=O)c2c(C)c1CC(=O)N1CCC[C@H](C)C1. The number of likely N-dealkylation sites (tertiary alicyclic amines) is 1. The van der Waals surface area contributed by atoms with E-state index in [2.05, 4.69) is 17.0 Å². The Balaban J connectivity index is 1.95. The summed E-state index contributed by atoms with van der Waals surface area (Å²) in [6.45, 7) is 7.67. The van der Waals surface area contributed by atoms with Crippen molar-refractivity contribution in [3.05, 3.63) is 27.2 Å². The molecule has 6 heteroatoms. The minimum absolute atomic E-state index is 0.0923. The maximum absolute atomic E-state index is 12.7. The monoisotopic (exact) mass is 316 g/mol. The summed E-state index contributed by atoms with van der Waals surface area (Å²) in [6.07, 6.45) is 2.58. The topological polar surface area (TPSA) is 71.0 Å². The zero-order valence-electron chi connectivity index (χ0n) is 14.3. The van der Waals surface area contributed by atoms with Gasteiger partial charge in [0.25, 0.3) is 5.56 Å². The third-order valence-corrected chi connectivity index (χ3v) is 4.91. The van der Waals surface area contributed by atoms with Crippen LogP contribution in [0.2, 0.25) is 0 Å². The first-order valence-electron chi connectivity index (χ1n) is 8.21. The van der Waals surface area contributed by atoms with Gasteiger partial charge in [0.05, 0.1) is 11.8 Å². The lowest BCUT2D eigenvalue weighted by Crippen LogP contribution is -2.40. The normalized spacial score (nSPS) is 18.6. The largest absolute Gasteiger partial charge is 0.342 e. The lowest BCUT2D eigenvalue weighted by Gasteiger charge is -2.31. The number of aryl methyl sites for hydroxylation is 3. The van der Waals surface area contributed by atoms with Crippen LogP contribution in [0.5, 0.6) is 0 Å². The number of piperidine rings is 1. The van der Waals surface area contributed by atoms with Gasteiger partial charge in [-0.2, -0.15) is 0 Å². The van der Waals surface area contributed by atoms with Gasteiger partial charge in [0.2, 0.25) is 5.91 Å². The van der Waals surface area contributed by atoms with Crippen LogP contribution < -0.4 is 5.56 Å². The zero-order valence-corrected chi connectivity index (χ0v) is 14.3. The third kappa shape index (κ3) is 2.78. The second-order valence-electron chi connectivity index (χ2n) is 6.76. The molecule has 1 aliphatic rings. The number of hydrogen-bond donors (Lipinski definition) is 1. The van der Waals surface area contributed by atoms with E-state index >= 15 is 0 Å². The minimum atomic E-state index is -0.0923. The molecule has 2 aromatic heterocycles. The van der Waals surface area contributed by atoms with E-state index in [0.717, 1.165) is 36.3 Å². The number of aromatic nitrogens is 3. The molecule has 0 unspecified atom stereocenters. The number of carbonyl (C=O) groups is 1. The molecule has 1 saturated heterocycles. The summed E-state index contributed by atoms with van der Waals surface area (Å²) < 4.78 is 1.43. The van der Waals surface area contributed by atoms with E-state index in [-0.39, 0.29) is 11.5 Å². The molecular formula is C17H24N4O2. The van der Waals surface area contributed by atoms with E-state index in [4.69, 9.17) is 0 Å². The maximum atomic E-state index is 12.7. The Morgan fingerprint density at radius 3 is 2.83 bits per heavy atom. The fraction of sp³-hybridized carbons (Fsp3) is 0.588. The van der Waals surface area contributed by atoms with Crippen LogP contribution in [0, 0.1) is 19.8 Å². The van der Waals surface area contributed by atoms with Crippen LogP contribution in [0.1, 0.15) is 36.6 Å². The Bertz CT molecular complexity index is 818. The molecular weight excluding hydrogens is 292 g/mol. The van der Waals surface area contributed by atoms with Crippen LogP contribution in [-0.4, -0.2) is 38.7 Å². The lowest BCUT2D eigenvalue weighted by molar-refractivity contribution is -0.132. The molecule has 1 aliphatic heterocycles. The van der Waals surface area contributed by atoms with Gasteiger partial charge in [-0.15, -0.1) is 0 Å². The number of nitrogens with one attached hydrogen (secondary N) is 1. The minimum Gasteiger partial charge on any atom is -0.342 e. The van der Waals surface area contributed by atoms with Gasteiger partial charge in [-0.25, -0.2) is 4.98 Å². The summed E-state index contributed by atoms with van der Waals surface area (Å²) in [5.74, 6) is 0.698. The lowest BCUT2D eigenvalue weighted by atomic mass is 9.98. The molecule has 1 amide bonds. The Morgan fingerprint density at radius 1 is 1.39 bits per heavy atom. The molecule has 1 atom stereocenters. The van der Waals surface area contributed by atoms with Crippen molar-refractivity contribution in [2.45, 2.75) is 40.0 Å². The second-order valence-corrected chi connectivity index (χ2v) is 6.76. The molecule has 0 radical (unpaired) electrons. The van der Waals surface area contributed by atoms with Crippen molar-refractivity contribution >= 4 is 16.9 Å². The molecule has 3 heterocycles. The van der Waals surface area contributed by atoms with Gasteiger partial charge in [-0.3, -0.25) is 19.4 Å². The van der Waals surface area contributed by atoms with Crippen molar-refractivity contribution in [3.63, 3.8) is 0 Å². The van der Waals surface area contributed by atoms with Gasteiger partial charge in [-0.1, -0.05) is 6.92 Å². The zero-order chi connectivity index (χ0) is 16.7. The molecule has 3 rings (SSSR count). The number of rotatable bonds is 2. The summed E-state index contributed by atoms with van der Waals surface area (Å²) in [7, 11) is 1.68. The number of nitrogens with zero attached hydrogens (tertiary/aromatic N) is 3. The predicted molar refractivity (Wildman–Crippen MR) is 89.5 cm³/mol. The van der Waals surface area contributed by atoms with Gasteiger partial charge in [-0.05, 0) is 43.7 Å². The van der Waals surface area contributed by atoms with Crippen LogP contribution in [0.15, 0.2) is 4.79 Å². The molecule has 0 spiro atoms. The summed E-state index contributed by atoms with van der Waals surface area (Å²) in [5.41, 5.74) is 3.07. The number of pyridine rings is 1. The van der Waals surface area contributed by atoms with Crippen molar-refractivity contribution in [2.24, 2.45) is 13.0 Å². The predicted octanol–water partition coefficient (Wildman–Crippen LogP) is 1.68. The van der Waals surface area contributed by atoms with Gasteiger partial charge < -0.3 is 4.90 Å². The summed E-state index contributed by atoms with van der Waals surface area (Å²) >= 11 is 0. The number of hydrogen-bond acceptors (Lipinski definition) is 3. The van der Waals surface area contributed by atoms with Crippen LogP contribution in [0.3, 0.4) is 0 Å². The van der Waals surface area contributed by atoms with Crippen molar-refractivity contribution in [3.8, 4) is 0 Å². The fourth-order valence-electron chi connectivity index (χ4n) is 3.55. The van der Waals surface area contributed by atoms with E-state index in [0.29, 0.717) is 23.4 Å². The van der Waals surface area contributed by atoms with Crippen LogP contribution >= 0.6 is 0 Å². The molecule has 0 bridgehead atoms. The van der Waals surface area contributed by atoms with Crippen LogP contribution in [0.4, 0.5) is 0 Å². The van der Waals surface area contributed by atoms with Crippen molar-refractivity contribution < 1.29 is 4.79 Å². The smallest absolute Gasteiger partial charge is 0.276 e. The number of fused-ring (bicyclic) bond motifs is 1.